The van der Waals surface area contributed by atoms with Gasteiger partial charge in [0.05, 0.1) is 12.1 Å². The summed E-state index contributed by atoms with van der Waals surface area (Å²) in [6.45, 7) is 4.02. The van der Waals surface area contributed by atoms with Gasteiger partial charge in [-0.3, -0.25) is 4.79 Å². The molecule has 0 unspecified atom stereocenters. The molecule has 0 bridgehead atoms. The van der Waals surface area contributed by atoms with Crippen LogP contribution in [0.5, 0.6) is 0 Å². The first kappa shape index (κ1) is 21.0. The second kappa shape index (κ2) is 9.29. The number of ether oxygens (including phenoxy) is 1. The molecule has 0 saturated carbocycles. The summed E-state index contributed by atoms with van der Waals surface area (Å²) in [5.74, 6) is -0.0105. The summed E-state index contributed by atoms with van der Waals surface area (Å²) in [6.07, 6.45) is 2.01. The van der Waals surface area contributed by atoms with Crippen molar-refractivity contribution in [2.75, 3.05) is 19.8 Å². The van der Waals surface area contributed by atoms with Crippen LogP contribution in [0.15, 0.2) is 53.9 Å². The van der Waals surface area contributed by atoms with Crippen LogP contribution in [0.4, 0.5) is 0 Å². The first-order valence-electron chi connectivity index (χ1n) is 10.2. The zero-order valence-corrected chi connectivity index (χ0v) is 18.6. The number of thiazole rings is 1. The van der Waals surface area contributed by atoms with Gasteiger partial charge < -0.3 is 10.1 Å². The fourth-order valence-electron chi connectivity index (χ4n) is 3.86. The van der Waals surface area contributed by atoms with Crippen LogP contribution < -0.4 is 5.32 Å². The Morgan fingerprint density at radius 3 is 2.70 bits per heavy atom. The molecule has 2 heterocycles. The Hall–Kier alpha value is -2.21. The summed E-state index contributed by atoms with van der Waals surface area (Å²) >= 11 is 7.80. The number of hydrogen-bond acceptors (Lipinski definition) is 4. The molecule has 4 rings (SSSR count). The van der Waals surface area contributed by atoms with E-state index in [2.05, 4.69) is 47.6 Å². The quantitative estimate of drug-likeness (QED) is 0.574. The van der Waals surface area contributed by atoms with Crippen molar-refractivity contribution in [3.63, 3.8) is 0 Å². The zero-order valence-electron chi connectivity index (χ0n) is 17.0. The van der Waals surface area contributed by atoms with E-state index in [1.807, 2.05) is 23.6 Å². The Balaban J connectivity index is 1.41. The minimum absolute atomic E-state index is 0.0105. The van der Waals surface area contributed by atoms with Crippen LogP contribution in [0.2, 0.25) is 5.02 Å². The molecule has 4 nitrogen and oxygen atoms in total. The molecule has 1 aromatic heterocycles. The molecule has 0 radical (unpaired) electrons. The van der Waals surface area contributed by atoms with Crippen LogP contribution in [0.1, 0.15) is 29.7 Å². The van der Waals surface area contributed by atoms with Crippen LogP contribution in [0.25, 0.3) is 10.6 Å². The number of nitrogens with one attached hydrogen (secondary N) is 1. The normalized spacial score (nSPS) is 15.7. The summed E-state index contributed by atoms with van der Waals surface area (Å²) in [6, 6.07) is 16.2. The number of carbonyl (C=O) groups is 1. The number of aryl methyl sites for hydroxylation is 1. The molecule has 0 aliphatic carbocycles. The lowest BCUT2D eigenvalue weighted by Crippen LogP contribution is -2.45. The van der Waals surface area contributed by atoms with E-state index in [0.29, 0.717) is 19.8 Å². The second-order valence-electron chi connectivity index (χ2n) is 7.87. The van der Waals surface area contributed by atoms with Crippen LogP contribution in [-0.2, 0) is 21.4 Å². The van der Waals surface area contributed by atoms with Crippen LogP contribution in [0.3, 0.4) is 0 Å². The molecule has 1 saturated heterocycles. The Morgan fingerprint density at radius 2 is 1.97 bits per heavy atom. The third-order valence-electron chi connectivity index (χ3n) is 5.70. The fourth-order valence-corrected chi connectivity index (χ4v) is 4.88. The first-order chi connectivity index (χ1) is 14.5. The predicted octanol–water partition coefficient (Wildman–Crippen LogP) is 5.18. The number of hydrogen-bond donors (Lipinski definition) is 1. The Bertz CT molecular complexity index is 1010. The average molecular weight is 441 g/mol. The van der Waals surface area contributed by atoms with Gasteiger partial charge in [0.25, 0.3) is 0 Å². The molecule has 2 aromatic carbocycles. The van der Waals surface area contributed by atoms with E-state index in [0.717, 1.165) is 39.7 Å². The van der Waals surface area contributed by atoms with Gasteiger partial charge in [-0.25, -0.2) is 4.98 Å². The number of amides is 1. The predicted molar refractivity (Wildman–Crippen MR) is 122 cm³/mol. The number of nitrogens with zero attached hydrogens (tertiary/aromatic N) is 1. The maximum absolute atomic E-state index is 12.7. The number of benzene rings is 2. The second-order valence-corrected chi connectivity index (χ2v) is 9.16. The van der Waals surface area contributed by atoms with E-state index >= 15 is 0 Å². The molecule has 1 aliphatic heterocycles. The lowest BCUT2D eigenvalue weighted by atomic mass is 9.74. The van der Waals surface area contributed by atoms with Gasteiger partial charge in [0.1, 0.15) is 5.01 Å². The standard InChI is InChI=1S/C24H25ClN2O2S/c1-17-5-7-18(8-6-17)23-27-21(15-30-23)14-22(28)26-16-24(9-11-29-12-10-24)19-3-2-4-20(25)13-19/h2-8,13,15H,9-12,14,16H2,1H3,(H,26,28). The molecular weight excluding hydrogens is 416 g/mol. The van der Waals surface area contributed by atoms with Gasteiger partial charge in [0, 0.05) is 41.1 Å². The van der Waals surface area contributed by atoms with Crippen molar-refractivity contribution in [2.24, 2.45) is 0 Å². The number of rotatable bonds is 6. The summed E-state index contributed by atoms with van der Waals surface area (Å²) in [7, 11) is 0. The van der Waals surface area contributed by atoms with E-state index in [1.165, 1.54) is 5.56 Å². The van der Waals surface area contributed by atoms with Gasteiger partial charge in [-0.2, -0.15) is 0 Å². The highest BCUT2D eigenvalue weighted by molar-refractivity contribution is 7.13. The Morgan fingerprint density at radius 1 is 1.20 bits per heavy atom. The molecule has 1 fully saturated rings. The maximum atomic E-state index is 12.7. The largest absolute Gasteiger partial charge is 0.381 e. The highest BCUT2D eigenvalue weighted by Crippen LogP contribution is 2.35. The summed E-state index contributed by atoms with van der Waals surface area (Å²) in [5.41, 5.74) is 4.12. The Kier molecular flexibility index (Phi) is 6.52. The molecular formula is C24H25ClN2O2S. The third-order valence-corrected chi connectivity index (χ3v) is 6.88. The summed E-state index contributed by atoms with van der Waals surface area (Å²) in [5, 5.41) is 6.77. The van der Waals surface area contributed by atoms with Crippen molar-refractivity contribution in [1.29, 1.82) is 0 Å². The maximum Gasteiger partial charge on any atom is 0.226 e. The topological polar surface area (TPSA) is 51.2 Å². The van der Waals surface area contributed by atoms with E-state index in [1.54, 1.807) is 11.3 Å². The van der Waals surface area contributed by atoms with Crippen molar-refractivity contribution < 1.29 is 9.53 Å². The molecule has 3 aromatic rings. The molecule has 6 heteroatoms. The minimum atomic E-state index is -0.145. The SMILES string of the molecule is Cc1ccc(-c2nc(CC(=O)NCC3(c4cccc(Cl)c4)CCOCC3)cs2)cc1. The molecule has 156 valence electrons. The molecule has 0 atom stereocenters. The fraction of sp³-hybridized carbons (Fsp3) is 0.333. The monoisotopic (exact) mass is 440 g/mol. The van der Waals surface area contributed by atoms with Gasteiger partial charge in [-0.15, -0.1) is 11.3 Å². The molecule has 1 amide bonds. The van der Waals surface area contributed by atoms with Crippen molar-refractivity contribution >= 4 is 28.8 Å². The lowest BCUT2D eigenvalue weighted by molar-refractivity contribution is -0.121. The van der Waals surface area contributed by atoms with Crippen LogP contribution in [-0.4, -0.2) is 30.6 Å². The smallest absolute Gasteiger partial charge is 0.226 e. The van der Waals surface area contributed by atoms with Gasteiger partial charge in [0.2, 0.25) is 5.91 Å². The van der Waals surface area contributed by atoms with Crippen LogP contribution in [0, 0.1) is 6.92 Å². The number of aromatic nitrogens is 1. The summed E-state index contributed by atoms with van der Waals surface area (Å²) in [4.78, 5) is 17.3. The molecule has 0 spiro atoms. The molecule has 30 heavy (non-hydrogen) atoms. The van der Waals surface area contributed by atoms with Crippen LogP contribution >= 0.6 is 22.9 Å². The van der Waals surface area contributed by atoms with E-state index < -0.39 is 0 Å². The van der Waals surface area contributed by atoms with E-state index in [4.69, 9.17) is 16.3 Å². The van der Waals surface area contributed by atoms with Crippen molar-refractivity contribution in [3.8, 4) is 10.6 Å². The average Bonchev–Trinajstić information content (AvgIpc) is 3.22. The zero-order chi connectivity index (χ0) is 21.0. The highest BCUT2D eigenvalue weighted by atomic mass is 35.5. The number of carbonyl (C=O) groups excluding carboxylic acids is 1. The lowest BCUT2D eigenvalue weighted by Gasteiger charge is -2.38. The molecule has 1 N–H and O–H groups in total. The highest BCUT2D eigenvalue weighted by Gasteiger charge is 2.35. The molecule has 1 aliphatic rings. The van der Waals surface area contributed by atoms with E-state index in [9.17, 15) is 4.79 Å². The van der Waals surface area contributed by atoms with Crippen molar-refractivity contribution in [3.05, 3.63) is 75.8 Å². The van der Waals surface area contributed by atoms with Crippen molar-refractivity contribution in [2.45, 2.75) is 31.6 Å². The van der Waals surface area contributed by atoms with Gasteiger partial charge in [0.15, 0.2) is 0 Å². The first-order valence-corrected chi connectivity index (χ1v) is 11.4. The van der Waals surface area contributed by atoms with Gasteiger partial charge in [-0.1, -0.05) is 53.6 Å². The minimum Gasteiger partial charge on any atom is -0.381 e. The Labute approximate surface area is 186 Å². The van der Waals surface area contributed by atoms with E-state index in [-0.39, 0.29) is 17.7 Å². The van der Waals surface area contributed by atoms with Gasteiger partial charge >= 0.3 is 0 Å². The third kappa shape index (κ3) is 4.91. The summed E-state index contributed by atoms with van der Waals surface area (Å²) < 4.78 is 5.58. The van der Waals surface area contributed by atoms with Crippen molar-refractivity contribution in [1.82, 2.24) is 10.3 Å². The van der Waals surface area contributed by atoms with Gasteiger partial charge in [-0.05, 0) is 37.5 Å². The number of halogens is 1.